The van der Waals surface area contributed by atoms with E-state index in [1.165, 1.54) is 4.90 Å². The monoisotopic (exact) mass is 441 g/mol. The zero-order valence-electron chi connectivity index (χ0n) is 12.1. The van der Waals surface area contributed by atoms with Gasteiger partial charge in [-0.05, 0) is 53.2 Å². The molecule has 0 atom stereocenters. The summed E-state index contributed by atoms with van der Waals surface area (Å²) in [6.45, 7) is 0.240. The van der Waals surface area contributed by atoms with Crippen LogP contribution in [0.2, 0.25) is 10.0 Å². The van der Waals surface area contributed by atoms with Crippen molar-refractivity contribution in [3.8, 4) is 0 Å². The first-order valence-electron chi connectivity index (χ1n) is 6.89. The van der Waals surface area contributed by atoms with Crippen molar-refractivity contribution in [2.24, 2.45) is 0 Å². The van der Waals surface area contributed by atoms with Gasteiger partial charge in [0.15, 0.2) is 0 Å². The fraction of sp³-hybridized carbons (Fsp3) is 0.0588. The third-order valence-corrected chi connectivity index (χ3v) is 5.38. The number of carbonyl (C=O) groups is 2. The first-order chi connectivity index (χ1) is 11.4. The van der Waals surface area contributed by atoms with E-state index in [4.69, 9.17) is 23.2 Å². The van der Waals surface area contributed by atoms with Gasteiger partial charge in [-0.3, -0.25) is 14.5 Å². The van der Waals surface area contributed by atoms with E-state index >= 15 is 0 Å². The van der Waals surface area contributed by atoms with Crippen LogP contribution in [-0.2, 0) is 11.3 Å². The average Bonchev–Trinajstić information content (AvgIpc) is 2.80. The van der Waals surface area contributed by atoms with Crippen molar-refractivity contribution in [3.05, 3.63) is 73.0 Å². The summed E-state index contributed by atoms with van der Waals surface area (Å²) in [4.78, 5) is 26.2. The number of benzene rings is 2. The van der Waals surface area contributed by atoms with Gasteiger partial charge in [-0.15, -0.1) is 0 Å². The summed E-state index contributed by atoms with van der Waals surface area (Å²) >= 11 is 16.3. The van der Waals surface area contributed by atoms with Crippen LogP contribution in [-0.4, -0.2) is 16.0 Å². The van der Waals surface area contributed by atoms with E-state index in [9.17, 15) is 9.59 Å². The van der Waals surface area contributed by atoms with Crippen LogP contribution < -0.4 is 0 Å². The molecule has 2 amide bonds. The van der Waals surface area contributed by atoms with Gasteiger partial charge in [0, 0.05) is 14.5 Å². The minimum absolute atomic E-state index is 0.240. The van der Waals surface area contributed by atoms with Gasteiger partial charge in [-0.25, -0.2) is 0 Å². The maximum absolute atomic E-state index is 12.5. The topological polar surface area (TPSA) is 37.4 Å². The summed E-state index contributed by atoms with van der Waals surface area (Å²) in [6.07, 6.45) is 1.62. The lowest BCUT2D eigenvalue weighted by Gasteiger charge is -2.12. The van der Waals surface area contributed by atoms with Crippen molar-refractivity contribution in [1.29, 1.82) is 0 Å². The van der Waals surface area contributed by atoms with E-state index < -0.39 is 0 Å². The number of rotatable bonds is 3. The fourth-order valence-corrected chi connectivity index (χ4v) is 3.73. The Morgan fingerprint density at radius 1 is 1.08 bits per heavy atom. The van der Waals surface area contributed by atoms with E-state index in [0.717, 1.165) is 21.8 Å². The molecule has 7 heteroatoms. The second-order valence-electron chi connectivity index (χ2n) is 5.06. The minimum atomic E-state index is -0.320. The Labute approximate surface area is 161 Å². The summed E-state index contributed by atoms with van der Waals surface area (Å²) in [7, 11) is 0. The standard InChI is InChI=1S/C17H10BrCl2NO2S/c18-12-4-1-10(2-5-12)9-21-16(22)15(24-17(21)23)7-11-3-6-13(19)8-14(11)20/h1-8H,9H2/b15-7-. The molecule has 1 aliphatic heterocycles. The average molecular weight is 443 g/mol. The summed E-state index contributed by atoms with van der Waals surface area (Å²) in [5.74, 6) is -0.320. The molecular weight excluding hydrogens is 433 g/mol. The Morgan fingerprint density at radius 3 is 2.46 bits per heavy atom. The maximum atomic E-state index is 12.5. The van der Waals surface area contributed by atoms with Crippen LogP contribution in [0.3, 0.4) is 0 Å². The molecule has 24 heavy (non-hydrogen) atoms. The molecule has 2 aromatic rings. The SMILES string of the molecule is O=C1S/C(=C\c2ccc(Cl)cc2Cl)C(=O)N1Cc1ccc(Br)cc1. The van der Waals surface area contributed by atoms with Crippen LogP contribution in [0, 0.1) is 0 Å². The van der Waals surface area contributed by atoms with Crippen molar-refractivity contribution >= 4 is 68.1 Å². The first-order valence-corrected chi connectivity index (χ1v) is 9.25. The van der Waals surface area contributed by atoms with Crippen LogP contribution in [0.5, 0.6) is 0 Å². The van der Waals surface area contributed by atoms with E-state index in [0.29, 0.717) is 20.5 Å². The quantitative estimate of drug-likeness (QED) is 0.547. The number of hydrogen-bond acceptors (Lipinski definition) is 3. The van der Waals surface area contributed by atoms with E-state index in [-0.39, 0.29) is 17.7 Å². The molecule has 3 nitrogen and oxygen atoms in total. The molecule has 1 aliphatic rings. The molecule has 3 rings (SSSR count). The highest BCUT2D eigenvalue weighted by molar-refractivity contribution is 9.10. The van der Waals surface area contributed by atoms with Crippen LogP contribution in [0.1, 0.15) is 11.1 Å². The zero-order valence-corrected chi connectivity index (χ0v) is 16.0. The number of nitrogens with zero attached hydrogens (tertiary/aromatic N) is 1. The molecule has 2 aromatic carbocycles. The molecule has 0 unspecified atom stereocenters. The van der Waals surface area contributed by atoms with Gasteiger partial charge in [0.1, 0.15) is 0 Å². The lowest BCUT2D eigenvalue weighted by molar-refractivity contribution is -0.123. The number of amides is 2. The summed E-state index contributed by atoms with van der Waals surface area (Å²) in [5.41, 5.74) is 1.53. The predicted octanol–water partition coefficient (Wildman–Crippen LogP) is 5.99. The number of thioether (sulfide) groups is 1. The van der Waals surface area contributed by atoms with Crippen LogP contribution >= 0.6 is 50.9 Å². The van der Waals surface area contributed by atoms with Crippen molar-refractivity contribution in [1.82, 2.24) is 4.90 Å². The first kappa shape index (κ1) is 17.5. The summed E-state index contributed by atoms with van der Waals surface area (Å²) in [6, 6.07) is 12.5. The Morgan fingerprint density at radius 2 is 1.79 bits per heavy atom. The van der Waals surface area contributed by atoms with Gasteiger partial charge in [0.2, 0.25) is 0 Å². The van der Waals surface area contributed by atoms with Crippen molar-refractivity contribution in [2.45, 2.75) is 6.54 Å². The highest BCUT2D eigenvalue weighted by Gasteiger charge is 2.35. The van der Waals surface area contributed by atoms with Gasteiger partial charge in [0.05, 0.1) is 11.4 Å². The Balaban J connectivity index is 1.83. The number of imide groups is 1. The molecule has 1 fully saturated rings. The molecule has 0 aliphatic carbocycles. The molecule has 0 bridgehead atoms. The lowest BCUT2D eigenvalue weighted by atomic mass is 10.2. The number of halogens is 3. The maximum Gasteiger partial charge on any atom is 0.293 e. The van der Waals surface area contributed by atoms with Crippen LogP contribution in [0.4, 0.5) is 4.79 Å². The second-order valence-corrected chi connectivity index (χ2v) is 7.81. The Kier molecular flexibility index (Phi) is 5.35. The van der Waals surface area contributed by atoms with Gasteiger partial charge < -0.3 is 0 Å². The normalized spacial score (nSPS) is 16.3. The minimum Gasteiger partial charge on any atom is -0.268 e. The third kappa shape index (κ3) is 3.86. The molecule has 0 aromatic heterocycles. The second kappa shape index (κ2) is 7.31. The molecular formula is C17H10BrCl2NO2S. The largest absolute Gasteiger partial charge is 0.293 e. The molecule has 0 N–H and O–H groups in total. The summed E-state index contributed by atoms with van der Waals surface area (Å²) in [5, 5.41) is 0.655. The van der Waals surface area contributed by atoms with Crippen molar-refractivity contribution < 1.29 is 9.59 Å². The smallest absolute Gasteiger partial charge is 0.268 e. The molecule has 0 saturated carbocycles. The van der Waals surface area contributed by atoms with E-state index in [1.807, 2.05) is 24.3 Å². The molecule has 1 saturated heterocycles. The highest BCUT2D eigenvalue weighted by atomic mass is 79.9. The highest BCUT2D eigenvalue weighted by Crippen LogP contribution is 2.35. The van der Waals surface area contributed by atoms with Gasteiger partial charge in [-0.2, -0.15) is 0 Å². The molecule has 0 radical (unpaired) electrons. The Bertz CT molecular complexity index is 852. The Hall–Kier alpha value is -1.27. The van der Waals surface area contributed by atoms with Crippen LogP contribution in [0.15, 0.2) is 51.8 Å². The molecule has 1 heterocycles. The molecule has 0 spiro atoms. The van der Waals surface area contributed by atoms with Gasteiger partial charge in [0.25, 0.3) is 11.1 Å². The summed E-state index contributed by atoms with van der Waals surface area (Å²) < 4.78 is 0.942. The van der Waals surface area contributed by atoms with Gasteiger partial charge in [-0.1, -0.05) is 57.3 Å². The van der Waals surface area contributed by atoms with Crippen molar-refractivity contribution in [3.63, 3.8) is 0 Å². The fourth-order valence-electron chi connectivity index (χ4n) is 2.17. The third-order valence-electron chi connectivity index (χ3n) is 3.38. The number of carbonyl (C=O) groups excluding carboxylic acids is 2. The van der Waals surface area contributed by atoms with Crippen molar-refractivity contribution in [2.75, 3.05) is 0 Å². The van der Waals surface area contributed by atoms with E-state index in [2.05, 4.69) is 15.9 Å². The zero-order chi connectivity index (χ0) is 17.3. The predicted molar refractivity (Wildman–Crippen MR) is 102 cm³/mol. The van der Waals surface area contributed by atoms with Crippen LogP contribution in [0.25, 0.3) is 6.08 Å². The molecule has 122 valence electrons. The van der Waals surface area contributed by atoms with E-state index in [1.54, 1.807) is 24.3 Å². The number of hydrogen-bond donors (Lipinski definition) is 0. The van der Waals surface area contributed by atoms with Gasteiger partial charge >= 0.3 is 0 Å². The lowest BCUT2D eigenvalue weighted by Crippen LogP contribution is -2.27.